The van der Waals surface area contributed by atoms with Crippen LogP contribution in [0.2, 0.25) is 0 Å². The van der Waals surface area contributed by atoms with Crippen LogP contribution in [0.15, 0.2) is 154 Å². The molecule has 0 amide bonds. The second-order valence-electron chi connectivity index (χ2n) is 16.6. The van der Waals surface area contributed by atoms with Crippen molar-refractivity contribution < 1.29 is 8.83 Å². The summed E-state index contributed by atoms with van der Waals surface area (Å²) in [4.78, 5) is 5.37. The maximum Gasteiger partial charge on any atom is 0.143 e. The van der Waals surface area contributed by atoms with Crippen molar-refractivity contribution >= 4 is 43.9 Å². The minimum absolute atomic E-state index is 0.407. The number of furan rings is 2. The summed E-state index contributed by atoms with van der Waals surface area (Å²) >= 11 is 0. The summed E-state index contributed by atoms with van der Waals surface area (Å²) in [5.74, 6) is 2.83. The molecule has 0 unspecified atom stereocenters. The van der Waals surface area contributed by atoms with Gasteiger partial charge in [-0.15, -0.1) is 0 Å². The van der Waals surface area contributed by atoms with Crippen LogP contribution in [0, 0.1) is 17.8 Å². The molecule has 0 N–H and O–H groups in total. The van der Waals surface area contributed by atoms with Gasteiger partial charge < -0.3 is 8.83 Å². The molecule has 0 atom stereocenters. The van der Waals surface area contributed by atoms with Crippen molar-refractivity contribution in [2.45, 2.75) is 43.9 Å². The van der Waals surface area contributed by atoms with Crippen LogP contribution < -0.4 is 0 Å². The van der Waals surface area contributed by atoms with Gasteiger partial charge in [-0.2, -0.15) is 0 Å². The van der Waals surface area contributed by atoms with Gasteiger partial charge in [0, 0.05) is 38.2 Å². The first kappa shape index (κ1) is 30.5. The molecule has 4 aliphatic rings. The number of benzene rings is 6. The molecule has 4 aliphatic carbocycles. The Morgan fingerprint density at radius 3 is 1.74 bits per heavy atom. The first-order valence-electron chi connectivity index (χ1n) is 19.7. The van der Waals surface area contributed by atoms with Gasteiger partial charge >= 0.3 is 0 Å². The van der Waals surface area contributed by atoms with Crippen LogP contribution >= 0.6 is 0 Å². The molecule has 260 valence electrons. The summed E-state index contributed by atoms with van der Waals surface area (Å²) in [6.45, 7) is 0. The summed E-state index contributed by atoms with van der Waals surface area (Å²) in [5, 5.41) is 4.48. The molecular weight excluding hydrogens is 659 g/mol. The summed E-state index contributed by atoms with van der Waals surface area (Å²) in [6, 6.07) is 52.4. The van der Waals surface area contributed by atoms with Crippen molar-refractivity contribution in [2.75, 3.05) is 0 Å². The largest absolute Gasteiger partial charge is 0.456 e. The molecule has 4 fully saturated rings. The predicted octanol–water partition coefficient (Wildman–Crippen LogP) is 14.0. The topological polar surface area (TPSA) is 39.2 Å². The van der Waals surface area contributed by atoms with Gasteiger partial charge in [0.25, 0.3) is 0 Å². The van der Waals surface area contributed by atoms with Crippen molar-refractivity contribution in [2.24, 2.45) is 17.8 Å². The van der Waals surface area contributed by atoms with E-state index in [0.29, 0.717) is 5.41 Å². The molecule has 3 aromatic heterocycles. The molecule has 0 aliphatic heterocycles. The first-order valence-corrected chi connectivity index (χ1v) is 19.7. The van der Waals surface area contributed by atoms with Crippen LogP contribution in [-0.2, 0) is 5.41 Å². The van der Waals surface area contributed by atoms with Gasteiger partial charge in [-0.3, -0.25) is 0 Å². The molecule has 0 saturated heterocycles. The van der Waals surface area contributed by atoms with Crippen molar-refractivity contribution in [3.8, 4) is 44.8 Å². The van der Waals surface area contributed by atoms with E-state index in [1.165, 1.54) is 49.7 Å². The monoisotopic (exact) mass is 697 g/mol. The Kier molecular flexibility index (Phi) is 6.52. The van der Waals surface area contributed by atoms with E-state index in [1.807, 2.05) is 24.3 Å². The van der Waals surface area contributed by atoms with Crippen molar-refractivity contribution in [1.82, 2.24) is 4.98 Å². The number of hydrogen-bond donors (Lipinski definition) is 0. The average molecular weight is 698 g/mol. The smallest absolute Gasteiger partial charge is 0.143 e. The van der Waals surface area contributed by atoms with Crippen molar-refractivity contribution in [3.05, 3.63) is 151 Å². The van der Waals surface area contributed by atoms with Crippen molar-refractivity contribution in [3.63, 3.8) is 0 Å². The number of fused-ring (bicyclic) bond motifs is 6. The van der Waals surface area contributed by atoms with Crippen LogP contribution in [0.4, 0.5) is 0 Å². The normalized spacial score (nSPS) is 21.9. The molecule has 3 nitrogen and oxygen atoms in total. The standard InChI is InChI=1S/C51H39NO2/c1-3-13-47-41(9-1)43-20-17-37(27-49(43)53-47)46-26-38(40-11-6-12-44-42-10-2-4-14-48(42)54-50(40)44)25-45(52-46)36-8-5-7-35(24-36)34-15-18-39(19-16-34)51-28-31-21-32(29-51)23-33(22-31)30-51/h1-20,24-27,31-33H,21-23,28-30H2. The Labute approximate surface area is 314 Å². The third-order valence-corrected chi connectivity index (χ3v) is 13.2. The summed E-state index contributed by atoms with van der Waals surface area (Å²) in [6.07, 6.45) is 8.60. The van der Waals surface area contributed by atoms with Gasteiger partial charge in [-0.25, -0.2) is 4.98 Å². The van der Waals surface area contributed by atoms with E-state index < -0.39 is 0 Å². The average Bonchev–Trinajstić information content (AvgIpc) is 3.78. The molecule has 3 heteroatoms. The second kappa shape index (κ2) is 11.5. The summed E-state index contributed by atoms with van der Waals surface area (Å²) in [5.41, 5.74) is 14.0. The Hall–Kier alpha value is -5.93. The number of pyridine rings is 1. The van der Waals surface area contributed by atoms with E-state index in [2.05, 4.69) is 121 Å². The zero-order chi connectivity index (χ0) is 35.4. The zero-order valence-electron chi connectivity index (χ0n) is 30.1. The number of hydrogen-bond acceptors (Lipinski definition) is 3. The molecule has 9 aromatic rings. The van der Waals surface area contributed by atoms with E-state index in [4.69, 9.17) is 13.8 Å². The van der Waals surface area contributed by atoms with Crippen molar-refractivity contribution in [1.29, 1.82) is 0 Å². The molecule has 4 bridgehead atoms. The number of para-hydroxylation sites is 3. The molecule has 3 heterocycles. The molecule has 0 spiro atoms. The minimum atomic E-state index is 0.407. The lowest BCUT2D eigenvalue weighted by Crippen LogP contribution is -2.48. The van der Waals surface area contributed by atoms with E-state index in [0.717, 1.165) is 95.3 Å². The molecule has 0 radical (unpaired) electrons. The summed E-state index contributed by atoms with van der Waals surface area (Å²) in [7, 11) is 0. The third-order valence-electron chi connectivity index (χ3n) is 13.2. The van der Waals surface area contributed by atoms with E-state index in [-0.39, 0.29) is 0 Å². The lowest BCUT2D eigenvalue weighted by Gasteiger charge is -2.57. The SMILES string of the molecule is c1cc(-c2ccc(C34CC5CC(CC(C5)C3)C4)cc2)cc(-c2cc(-c3cccc4c3oc3ccccc34)cc(-c3ccc4c(c3)oc3ccccc34)n2)c1. The number of nitrogens with zero attached hydrogens (tertiary/aromatic N) is 1. The molecule has 6 aromatic carbocycles. The molecule has 4 saturated carbocycles. The highest BCUT2D eigenvalue weighted by atomic mass is 16.3. The van der Waals surface area contributed by atoms with Gasteiger partial charge in [0.1, 0.15) is 22.3 Å². The van der Waals surface area contributed by atoms with E-state index in [9.17, 15) is 0 Å². The fourth-order valence-corrected chi connectivity index (χ4v) is 11.2. The number of aromatic nitrogens is 1. The first-order chi connectivity index (χ1) is 26.6. The molecule has 13 rings (SSSR count). The fourth-order valence-electron chi connectivity index (χ4n) is 11.2. The molecule has 54 heavy (non-hydrogen) atoms. The highest BCUT2D eigenvalue weighted by Crippen LogP contribution is 2.60. The third kappa shape index (κ3) is 4.77. The maximum atomic E-state index is 6.55. The van der Waals surface area contributed by atoms with E-state index >= 15 is 0 Å². The Balaban J connectivity index is 0.977. The van der Waals surface area contributed by atoms with Gasteiger partial charge in [0.2, 0.25) is 0 Å². The van der Waals surface area contributed by atoms with Crippen LogP contribution in [0.3, 0.4) is 0 Å². The predicted molar refractivity (Wildman–Crippen MR) is 220 cm³/mol. The van der Waals surface area contributed by atoms with Crippen LogP contribution in [0.5, 0.6) is 0 Å². The van der Waals surface area contributed by atoms with Gasteiger partial charge in [-0.1, -0.05) is 103 Å². The Bertz CT molecular complexity index is 2890. The minimum Gasteiger partial charge on any atom is -0.456 e. The maximum absolute atomic E-state index is 6.55. The van der Waals surface area contributed by atoms with Gasteiger partial charge in [0.05, 0.1) is 11.4 Å². The van der Waals surface area contributed by atoms with Crippen LogP contribution in [0.25, 0.3) is 88.6 Å². The highest BCUT2D eigenvalue weighted by molar-refractivity contribution is 6.10. The zero-order valence-corrected chi connectivity index (χ0v) is 30.1. The van der Waals surface area contributed by atoms with Crippen LogP contribution in [0.1, 0.15) is 44.1 Å². The fraction of sp³-hybridized carbons (Fsp3) is 0.196. The quantitative estimate of drug-likeness (QED) is 0.180. The second-order valence-corrected chi connectivity index (χ2v) is 16.6. The number of rotatable bonds is 5. The van der Waals surface area contributed by atoms with Crippen LogP contribution in [-0.4, -0.2) is 4.98 Å². The van der Waals surface area contributed by atoms with E-state index in [1.54, 1.807) is 5.56 Å². The Morgan fingerprint density at radius 2 is 1.00 bits per heavy atom. The van der Waals surface area contributed by atoms with Gasteiger partial charge in [-0.05, 0) is 126 Å². The lowest BCUT2D eigenvalue weighted by molar-refractivity contribution is -0.00518. The summed E-state index contributed by atoms with van der Waals surface area (Å²) < 4.78 is 12.9. The Morgan fingerprint density at radius 1 is 0.426 bits per heavy atom. The highest BCUT2D eigenvalue weighted by Gasteiger charge is 2.51. The lowest BCUT2D eigenvalue weighted by atomic mass is 9.48. The van der Waals surface area contributed by atoms with Gasteiger partial charge in [0.15, 0.2) is 0 Å². The molecular formula is C51H39NO2.